The predicted octanol–water partition coefficient (Wildman–Crippen LogP) is 4.61. The highest BCUT2D eigenvalue weighted by Crippen LogP contribution is 2.25. The molecule has 172 valence electrons. The Balaban J connectivity index is 0.00000480. The van der Waals surface area contributed by atoms with Crippen LogP contribution in [-0.4, -0.2) is 38.3 Å². The van der Waals surface area contributed by atoms with Crippen LogP contribution in [0.3, 0.4) is 0 Å². The summed E-state index contributed by atoms with van der Waals surface area (Å²) in [6, 6.07) is 11.2. The molecule has 2 aromatic carbocycles. The summed E-state index contributed by atoms with van der Waals surface area (Å²) in [5, 5.41) is 2.10. The molecule has 0 fully saturated rings. The Morgan fingerprint density at radius 3 is 2.13 bits per heavy atom. The number of carbonyl (C=O) groups excluding carboxylic acids is 2. The maximum atomic E-state index is 12.4. The first kappa shape index (κ1) is 26.7. The molecule has 0 aliphatic heterocycles. The van der Waals surface area contributed by atoms with Crippen molar-refractivity contribution in [3.8, 4) is 5.75 Å². The predicted molar refractivity (Wildman–Crippen MR) is 125 cm³/mol. The molecule has 0 aliphatic carbocycles. The van der Waals surface area contributed by atoms with E-state index in [4.69, 9.17) is 19.9 Å². The molecule has 0 radical (unpaired) electrons. The number of unbranched alkanes of at least 4 members (excludes halogenated alkanes) is 1. The standard InChI is InChI=1S/C24H33NO5.ClH/c1-5-16(2)22(25)24(27)30-13-7-6-12-29-23(26)17(3)18-8-9-20-15-21(28-4)11-10-19(20)14-18;/h8-11,14-17,22H,5-7,12-13,25H2,1-4H3;1H/t16?,17?,22-;/m0./s1. The second-order valence-corrected chi connectivity index (χ2v) is 7.65. The van der Waals surface area contributed by atoms with Crippen LogP contribution in [0.2, 0.25) is 0 Å². The monoisotopic (exact) mass is 451 g/mol. The van der Waals surface area contributed by atoms with Gasteiger partial charge in [0.15, 0.2) is 0 Å². The van der Waals surface area contributed by atoms with Crippen molar-refractivity contribution in [3.05, 3.63) is 42.0 Å². The third-order valence-corrected chi connectivity index (χ3v) is 5.48. The van der Waals surface area contributed by atoms with Crippen LogP contribution in [-0.2, 0) is 19.1 Å². The van der Waals surface area contributed by atoms with E-state index in [1.54, 1.807) is 7.11 Å². The number of hydrogen-bond acceptors (Lipinski definition) is 6. The molecule has 3 atom stereocenters. The Kier molecular flexibility index (Phi) is 11.4. The first-order valence-electron chi connectivity index (χ1n) is 10.5. The van der Waals surface area contributed by atoms with Gasteiger partial charge in [-0.1, -0.05) is 44.5 Å². The van der Waals surface area contributed by atoms with Crippen LogP contribution in [0, 0.1) is 5.92 Å². The summed E-state index contributed by atoms with van der Waals surface area (Å²) in [5.41, 5.74) is 6.75. The molecule has 2 aromatic rings. The summed E-state index contributed by atoms with van der Waals surface area (Å²) in [7, 11) is 1.64. The van der Waals surface area contributed by atoms with Gasteiger partial charge in [0.05, 0.1) is 26.2 Å². The van der Waals surface area contributed by atoms with E-state index in [0.717, 1.165) is 28.5 Å². The van der Waals surface area contributed by atoms with Gasteiger partial charge in [0.25, 0.3) is 0 Å². The molecule has 7 heteroatoms. The van der Waals surface area contributed by atoms with Gasteiger partial charge in [-0.2, -0.15) is 0 Å². The molecule has 0 aliphatic rings. The van der Waals surface area contributed by atoms with Crippen molar-refractivity contribution < 1.29 is 23.8 Å². The maximum Gasteiger partial charge on any atom is 0.323 e. The van der Waals surface area contributed by atoms with Crippen molar-refractivity contribution in [2.24, 2.45) is 11.7 Å². The molecule has 0 bridgehead atoms. The van der Waals surface area contributed by atoms with Gasteiger partial charge in [-0.15, -0.1) is 12.4 Å². The quantitative estimate of drug-likeness (QED) is 0.396. The molecular weight excluding hydrogens is 418 g/mol. The topological polar surface area (TPSA) is 87.9 Å². The first-order valence-corrected chi connectivity index (χ1v) is 10.5. The Labute approximate surface area is 190 Å². The Morgan fingerprint density at radius 2 is 1.52 bits per heavy atom. The van der Waals surface area contributed by atoms with Gasteiger partial charge in [-0.25, -0.2) is 0 Å². The minimum absolute atomic E-state index is 0. The SMILES string of the molecule is CCC(C)[C@H](N)C(=O)OCCCCOC(=O)C(C)c1ccc2cc(OC)ccc2c1.Cl. The van der Waals surface area contributed by atoms with Crippen LogP contribution in [0.1, 0.15) is 51.5 Å². The molecule has 31 heavy (non-hydrogen) atoms. The molecule has 0 amide bonds. The number of halogens is 1. The summed E-state index contributed by atoms with van der Waals surface area (Å²) in [6.07, 6.45) is 2.08. The Bertz CT molecular complexity index is 857. The second-order valence-electron chi connectivity index (χ2n) is 7.65. The van der Waals surface area contributed by atoms with Gasteiger partial charge in [0, 0.05) is 0 Å². The zero-order valence-electron chi connectivity index (χ0n) is 18.8. The van der Waals surface area contributed by atoms with Crippen LogP contribution in [0.5, 0.6) is 5.75 Å². The lowest BCUT2D eigenvalue weighted by atomic mass is 9.98. The van der Waals surface area contributed by atoms with Crippen LogP contribution in [0.15, 0.2) is 36.4 Å². The molecule has 0 aromatic heterocycles. The van der Waals surface area contributed by atoms with Gasteiger partial charge >= 0.3 is 11.9 Å². The van der Waals surface area contributed by atoms with Crippen molar-refractivity contribution >= 4 is 35.1 Å². The zero-order valence-corrected chi connectivity index (χ0v) is 19.6. The number of carbonyl (C=O) groups is 2. The summed E-state index contributed by atoms with van der Waals surface area (Å²) in [4.78, 5) is 24.2. The number of rotatable bonds is 11. The van der Waals surface area contributed by atoms with Crippen LogP contribution < -0.4 is 10.5 Å². The lowest BCUT2D eigenvalue weighted by Crippen LogP contribution is -2.38. The number of benzene rings is 2. The van der Waals surface area contributed by atoms with E-state index in [1.807, 2.05) is 57.2 Å². The average Bonchev–Trinajstić information content (AvgIpc) is 2.78. The molecule has 6 nitrogen and oxygen atoms in total. The van der Waals surface area contributed by atoms with Crippen molar-refractivity contribution in [1.82, 2.24) is 0 Å². The molecule has 0 heterocycles. The van der Waals surface area contributed by atoms with Crippen LogP contribution in [0.25, 0.3) is 10.8 Å². The summed E-state index contributed by atoms with van der Waals surface area (Å²) in [6.45, 7) is 6.33. The number of methoxy groups -OCH3 is 1. The molecule has 0 saturated carbocycles. The van der Waals surface area contributed by atoms with Gasteiger partial charge in [-0.05, 0) is 54.2 Å². The van der Waals surface area contributed by atoms with Crippen LogP contribution in [0.4, 0.5) is 0 Å². The van der Waals surface area contributed by atoms with Crippen molar-refractivity contribution in [2.75, 3.05) is 20.3 Å². The number of nitrogens with two attached hydrogens (primary N) is 1. The fraction of sp³-hybridized carbons (Fsp3) is 0.500. The smallest absolute Gasteiger partial charge is 0.323 e. The lowest BCUT2D eigenvalue weighted by Gasteiger charge is -2.16. The third-order valence-electron chi connectivity index (χ3n) is 5.48. The van der Waals surface area contributed by atoms with Gasteiger partial charge in [0.1, 0.15) is 11.8 Å². The van der Waals surface area contributed by atoms with E-state index in [0.29, 0.717) is 19.4 Å². The van der Waals surface area contributed by atoms with Gasteiger partial charge in [0.2, 0.25) is 0 Å². The minimum Gasteiger partial charge on any atom is -0.497 e. The second kappa shape index (κ2) is 13.2. The number of esters is 2. The van der Waals surface area contributed by atoms with E-state index >= 15 is 0 Å². The highest BCUT2D eigenvalue weighted by Gasteiger charge is 2.21. The summed E-state index contributed by atoms with van der Waals surface area (Å²) in [5.74, 6) is -0.0993. The molecule has 2 unspecified atom stereocenters. The van der Waals surface area contributed by atoms with Crippen LogP contribution >= 0.6 is 12.4 Å². The lowest BCUT2D eigenvalue weighted by molar-refractivity contribution is -0.148. The fourth-order valence-electron chi connectivity index (χ4n) is 3.03. The highest BCUT2D eigenvalue weighted by molar-refractivity contribution is 5.87. The maximum absolute atomic E-state index is 12.4. The van der Waals surface area contributed by atoms with Crippen molar-refractivity contribution in [2.45, 2.75) is 52.0 Å². The van der Waals surface area contributed by atoms with E-state index in [-0.39, 0.29) is 42.8 Å². The highest BCUT2D eigenvalue weighted by atomic mass is 35.5. The van der Waals surface area contributed by atoms with E-state index in [9.17, 15) is 9.59 Å². The number of ether oxygens (including phenoxy) is 3. The van der Waals surface area contributed by atoms with Gasteiger partial charge in [-0.3, -0.25) is 9.59 Å². The molecule has 2 N–H and O–H groups in total. The van der Waals surface area contributed by atoms with E-state index in [2.05, 4.69) is 0 Å². The molecular formula is C24H34ClNO5. The average molecular weight is 452 g/mol. The number of hydrogen-bond donors (Lipinski definition) is 1. The molecule has 2 rings (SSSR count). The Hall–Kier alpha value is -2.31. The van der Waals surface area contributed by atoms with E-state index in [1.165, 1.54) is 0 Å². The zero-order chi connectivity index (χ0) is 22.1. The first-order chi connectivity index (χ1) is 14.4. The summed E-state index contributed by atoms with van der Waals surface area (Å²) >= 11 is 0. The van der Waals surface area contributed by atoms with Crippen molar-refractivity contribution in [1.29, 1.82) is 0 Å². The van der Waals surface area contributed by atoms with E-state index < -0.39 is 6.04 Å². The Morgan fingerprint density at radius 1 is 0.935 bits per heavy atom. The fourth-order valence-corrected chi connectivity index (χ4v) is 3.03. The minimum atomic E-state index is -0.586. The largest absolute Gasteiger partial charge is 0.497 e. The summed E-state index contributed by atoms with van der Waals surface area (Å²) < 4.78 is 15.8. The van der Waals surface area contributed by atoms with Gasteiger partial charge < -0.3 is 19.9 Å². The molecule has 0 saturated heterocycles. The molecule has 0 spiro atoms. The van der Waals surface area contributed by atoms with Crippen molar-refractivity contribution in [3.63, 3.8) is 0 Å². The third kappa shape index (κ3) is 7.71. The number of fused-ring (bicyclic) bond motifs is 1. The normalized spacial score (nSPS) is 13.6.